The smallest absolute Gasteiger partial charge is 0.246 e. The minimum Gasteiger partial charge on any atom is -0.495 e. The Bertz CT molecular complexity index is 847. The molecule has 142 valence electrons. The molecule has 1 aliphatic heterocycles. The third kappa shape index (κ3) is 4.00. The SMILES string of the molecule is COc1ccc(Cl)cc1S(=O)(=O)N1C[C@@H](CN)[C@H](c2ccccc2)C1.Cl. The number of hydrogen-bond acceptors (Lipinski definition) is 4. The molecule has 2 N–H and O–H groups in total. The van der Waals surface area contributed by atoms with Crippen LogP contribution in [0.25, 0.3) is 0 Å². The van der Waals surface area contributed by atoms with Crippen molar-refractivity contribution in [3.63, 3.8) is 0 Å². The second kappa shape index (κ2) is 8.59. The van der Waals surface area contributed by atoms with Gasteiger partial charge in [0.2, 0.25) is 10.0 Å². The second-order valence-corrected chi connectivity index (χ2v) is 8.47. The molecular formula is C18H22Cl2N2O3S. The first-order valence-corrected chi connectivity index (χ1v) is 9.88. The van der Waals surface area contributed by atoms with Crippen molar-refractivity contribution in [2.24, 2.45) is 11.7 Å². The van der Waals surface area contributed by atoms with Crippen LogP contribution in [0.3, 0.4) is 0 Å². The fourth-order valence-electron chi connectivity index (χ4n) is 3.34. The summed E-state index contributed by atoms with van der Waals surface area (Å²) in [6.07, 6.45) is 0. The van der Waals surface area contributed by atoms with Gasteiger partial charge >= 0.3 is 0 Å². The van der Waals surface area contributed by atoms with Crippen LogP contribution in [-0.4, -0.2) is 39.5 Å². The summed E-state index contributed by atoms with van der Waals surface area (Å²) in [6, 6.07) is 14.5. The maximum atomic E-state index is 13.2. The molecule has 0 aliphatic carbocycles. The van der Waals surface area contributed by atoms with Crippen LogP contribution < -0.4 is 10.5 Å². The molecule has 0 aromatic heterocycles. The fourth-order valence-corrected chi connectivity index (χ4v) is 5.28. The van der Waals surface area contributed by atoms with Gasteiger partial charge < -0.3 is 10.5 Å². The van der Waals surface area contributed by atoms with E-state index >= 15 is 0 Å². The van der Waals surface area contributed by atoms with Crippen LogP contribution in [0.1, 0.15) is 11.5 Å². The summed E-state index contributed by atoms with van der Waals surface area (Å²) >= 11 is 6.01. The molecule has 1 saturated heterocycles. The number of nitrogens with zero attached hydrogens (tertiary/aromatic N) is 1. The highest BCUT2D eigenvalue weighted by atomic mass is 35.5. The van der Waals surface area contributed by atoms with Crippen LogP contribution in [0.5, 0.6) is 5.75 Å². The Labute approximate surface area is 165 Å². The molecule has 1 fully saturated rings. The Balaban J connectivity index is 0.00000243. The van der Waals surface area contributed by atoms with E-state index in [9.17, 15) is 8.42 Å². The first-order valence-electron chi connectivity index (χ1n) is 8.06. The molecule has 0 bridgehead atoms. The zero-order valence-corrected chi connectivity index (χ0v) is 16.7. The predicted octanol–water partition coefficient (Wildman–Crippen LogP) is 3.13. The van der Waals surface area contributed by atoms with Crippen LogP contribution in [0.4, 0.5) is 0 Å². The van der Waals surface area contributed by atoms with Gasteiger partial charge in [0.05, 0.1) is 7.11 Å². The Morgan fingerprint density at radius 3 is 2.50 bits per heavy atom. The highest BCUT2D eigenvalue weighted by molar-refractivity contribution is 7.89. The molecule has 26 heavy (non-hydrogen) atoms. The van der Waals surface area contributed by atoms with Gasteiger partial charge in [0, 0.05) is 24.0 Å². The van der Waals surface area contributed by atoms with Crippen LogP contribution in [-0.2, 0) is 10.0 Å². The molecule has 0 unspecified atom stereocenters. The molecule has 0 spiro atoms. The molecule has 3 rings (SSSR count). The van der Waals surface area contributed by atoms with Crippen molar-refractivity contribution in [3.05, 3.63) is 59.1 Å². The topological polar surface area (TPSA) is 72.6 Å². The molecule has 8 heteroatoms. The van der Waals surface area contributed by atoms with E-state index in [1.165, 1.54) is 17.5 Å². The second-order valence-electron chi connectivity index (χ2n) is 6.13. The Hall–Kier alpha value is -1.31. The highest BCUT2D eigenvalue weighted by Crippen LogP contribution is 2.37. The maximum Gasteiger partial charge on any atom is 0.246 e. The van der Waals surface area contributed by atoms with E-state index in [1.54, 1.807) is 12.1 Å². The summed E-state index contributed by atoms with van der Waals surface area (Å²) < 4.78 is 33.0. The van der Waals surface area contributed by atoms with Crippen LogP contribution in [0.15, 0.2) is 53.4 Å². The van der Waals surface area contributed by atoms with Crippen LogP contribution >= 0.6 is 24.0 Å². The molecule has 5 nitrogen and oxygen atoms in total. The van der Waals surface area contributed by atoms with Crippen molar-refractivity contribution in [2.45, 2.75) is 10.8 Å². The summed E-state index contributed by atoms with van der Waals surface area (Å²) in [5.41, 5.74) is 7.02. The molecule has 2 aromatic rings. The van der Waals surface area contributed by atoms with E-state index in [4.69, 9.17) is 22.1 Å². The fraction of sp³-hybridized carbons (Fsp3) is 0.333. The van der Waals surface area contributed by atoms with E-state index in [1.807, 2.05) is 30.3 Å². The zero-order valence-electron chi connectivity index (χ0n) is 14.3. The normalized spacial score (nSPS) is 20.6. The number of methoxy groups -OCH3 is 1. The molecule has 0 radical (unpaired) electrons. The summed E-state index contributed by atoms with van der Waals surface area (Å²) in [5, 5.41) is 0.355. The van der Waals surface area contributed by atoms with Crippen molar-refractivity contribution >= 4 is 34.0 Å². The minimum atomic E-state index is -3.72. The van der Waals surface area contributed by atoms with Crippen molar-refractivity contribution in [3.8, 4) is 5.75 Å². The Morgan fingerprint density at radius 2 is 1.88 bits per heavy atom. The first-order chi connectivity index (χ1) is 12.0. The maximum absolute atomic E-state index is 13.2. The van der Waals surface area contributed by atoms with E-state index < -0.39 is 10.0 Å². The quantitative estimate of drug-likeness (QED) is 0.812. The molecule has 0 amide bonds. The average molecular weight is 417 g/mol. The lowest BCUT2D eigenvalue weighted by Crippen LogP contribution is -2.30. The summed E-state index contributed by atoms with van der Waals surface area (Å²) in [5.74, 6) is 0.436. The average Bonchev–Trinajstić information content (AvgIpc) is 3.07. The van der Waals surface area contributed by atoms with E-state index in [-0.39, 0.29) is 34.9 Å². The number of ether oxygens (including phenoxy) is 1. The molecular weight excluding hydrogens is 395 g/mol. The summed E-state index contributed by atoms with van der Waals surface area (Å²) in [4.78, 5) is 0.0898. The molecule has 1 aliphatic rings. The van der Waals surface area contributed by atoms with E-state index in [0.717, 1.165) is 5.56 Å². The summed E-state index contributed by atoms with van der Waals surface area (Å²) in [6.45, 7) is 1.20. The molecule has 2 atom stereocenters. The largest absolute Gasteiger partial charge is 0.495 e. The van der Waals surface area contributed by atoms with Gasteiger partial charge in [0.15, 0.2) is 0 Å². The van der Waals surface area contributed by atoms with Gasteiger partial charge in [-0.05, 0) is 36.2 Å². The van der Waals surface area contributed by atoms with Crippen LogP contribution in [0, 0.1) is 5.92 Å². The zero-order chi connectivity index (χ0) is 18.0. The van der Waals surface area contributed by atoms with Gasteiger partial charge in [-0.15, -0.1) is 12.4 Å². The Kier molecular flexibility index (Phi) is 6.93. The van der Waals surface area contributed by atoms with Gasteiger partial charge in [-0.25, -0.2) is 8.42 Å². The summed E-state index contributed by atoms with van der Waals surface area (Å²) in [7, 11) is -2.27. The standard InChI is InChI=1S/C18H21ClN2O3S.ClH/c1-24-17-8-7-15(19)9-18(17)25(22,23)21-11-14(10-20)16(12-21)13-5-3-2-4-6-13;/h2-9,14,16H,10-12,20H2,1H3;1H/t14-,16+;/m1./s1. The van der Waals surface area contributed by atoms with E-state index in [0.29, 0.717) is 24.7 Å². The third-order valence-corrected chi connectivity index (χ3v) is 6.77. The monoisotopic (exact) mass is 416 g/mol. The number of benzene rings is 2. The minimum absolute atomic E-state index is 0. The van der Waals surface area contributed by atoms with Gasteiger partial charge in [-0.1, -0.05) is 41.9 Å². The first kappa shape index (κ1) is 21.0. The van der Waals surface area contributed by atoms with Crippen molar-refractivity contribution in [2.75, 3.05) is 26.7 Å². The van der Waals surface area contributed by atoms with Gasteiger partial charge in [0.25, 0.3) is 0 Å². The number of rotatable bonds is 5. The lowest BCUT2D eigenvalue weighted by molar-refractivity contribution is 0.397. The Morgan fingerprint density at radius 1 is 1.19 bits per heavy atom. The van der Waals surface area contributed by atoms with Gasteiger partial charge in [0.1, 0.15) is 10.6 Å². The van der Waals surface area contributed by atoms with Gasteiger partial charge in [-0.3, -0.25) is 0 Å². The lowest BCUT2D eigenvalue weighted by atomic mass is 9.89. The number of nitrogens with two attached hydrogens (primary N) is 1. The van der Waals surface area contributed by atoms with Crippen LogP contribution in [0.2, 0.25) is 5.02 Å². The van der Waals surface area contributed by atoms with Crippen molar-refractivity contribution in [1.29, 1.82) is 0 Å². The molecule has 0 saturated carbocycles. The highest BCUT2D eigenvalue weighted by Gasteiger charge is 2.40. The van der Waals surface area contributed by atoms with Gasteiger partial charge in [-0.2, -0.15) is 4.31 Å². The number of sulfonamides is 1. The number of hydrogen-bond donors (Lipinski definition) is 1. The molecule has 1 heterocycles. The third-order valence-electron chi connectivity index (χ3n) is 4.68. The van der Waals surface area contributed by atoms with E-state index in [2.05, 4.69) is 0 Å². The predicted molar refractivity (Wildman–Crippen MR) is 106 cm³/mol. The van der Waals surface area contributed by atoms with Crippen molar-refractivity contribution in [1.82, 2.24) is 4.31 Å². The molecule has 2 aromatic carbocycles. The van der Waals surface area contributed by atoms with Crippen molar-refractivity contribution < 1.29 is 13.2 Å². The lowest BCUT2D eigenvalue weighted by Gasteiger charge is -2.18. The number of halogens is 2.